The van der Waals surface area contributed by atoms with E-state index in [0.29, 0.717) is 0 Å². The number of halogens is 1. The summed E-state index contributed by atoms with van der Waals surface area (Å²) in [7, 11) is 0. The molecule has 0 aromatic heterocycles. The fourth-order valence-electron chi connectivity index (χ4n) is 8.10. The van der Waals surface area contributed by atoms with Crippen molar-refractivity contribution in [3.8, 4) is 0 Å². The maximum atomic E-state index is 2.55. The van der Waals surface area contributed by atoms with Gasteiger partial charge in [0.2, 0.25) is 0 Å². The molecule has 0 spiro atoms. The Balaban J connectivity index is 1.59. The number of hydrogen-bond donors (Lipinski definition) is 0. The zero-order valence-corrected chi connectivity index (χ0v) is 29.2. The van der Waals surface area contributed by atoms with Gasteiger partial charge in [0.05, 0.1) is 0 Å². The second-order valence-corrected chi connectivity index (χ2v) is 17.5. The van der Waals surface area contributed by atoms with Gasteiger partial charge in [0, 0.05) is 0 Å². The molecular formula is C44H36I-. The zero-order valence-electron chi connectivity index (χ0n) is 27.0. The third-order valence-corrected chi connectivity index (χ3v) is 14.0. The predicted octanol–water partition coefficient (Wildman–Crippen LogP) is 9.97. The first kappa shape index (κ1) is 27.4. The summed E-state index contributed by atoms with van der Waals surface area (Å²) in [5, 5.41) is 22.5. The van der Waals surface area contributed by atoms with Gasteiger partial charge in [-0.05, 0) is 0 Å². The first-order valence-corrected chi connectivity index (χ1v) is 18.2. The van der Waals surface area contributed by atoms with Gasteiger partial charge in [0.25, 0.3) is 0 Å². The van der Waals surface area contributed by atoms with E-state index >= 15 is 0 Å². The summed E-state index contributed by atoms with van der Waals surface area (Å²) in [6.07, 6.45) is 0. The van der Waals surface area contributed by atoms with Gasteiger partial charge in [-0.2, -0.15) is 0 Å². The first-order chi connectivity index (χ1) is 21.6. The third-order valence-electron chi connectivity index (χ3n) is 10.5. The van der Waals surface area contributed by atoms with E-state index in [-0.39, 0.29) is 26.6 Å². The number of rotatable bonds is 2. The molecule has 1 heteroatoms. The number of benzene rings is 9. The Labute approximate surface area is 274 Å². The molecule has 0 amide bonds. The average molecular weight is 692 g/mol. The van der Waals surface area contributed by atoms with Crippen LogP contribution >= 0.6 is 0 Å². The fourth-order valence-corrected chi connectivity index (χ4v) is 11.0. The Kier molecular flexibility index (Phi) is 5.65. The van der Waals surface area contributed by atoms with Crippen LogP contribution in [-0.4, -0.2) is 0 Å². The SMILES string of the molecule is CC(C)=C(C)[I-]c1c2ccccc2c2ccc3c4c(C(C)(C)C)cc5c6ccccc6c(C)c6ccc(c7ccc1c2c73)c4c65. The normalized spacial score (nSPS) is 13.0. The number of allylic oxidation sites excluding steroid dienone is 2. The van der Waals surface area contributed by atoms with Crippen molar-refractivity contribution in [2.45, 2.75) is 53.9 Å². The van der Waals surface area contributed by atoms with Gasteiger partial charge in [-0.15, -0.1) is 0 Å². The Morgan fingerprint density at radius 1 is 0.467 bits per heavy atom. The molecule has 0 bridgehead atoms. The molecule has 0 fully saturated rings. The van der Waals surface area contributed by atoms with Gasteiger partial charge in [0.15, 0.2) is 0 Å². The second-order valence-electron chi connectivity index (χ2n) is 14.2. The summed E-state index contributed by atoms with van der Waals surface area (Å²) >= 11 is -0.302. The molecule has 9 aromatic rings. The van der Waals surface area contributed by atoms with Gasteiger partial charge < -0.3 is 0 Å². The van der Waals surface area contributed by atoms with Crippen LogP contribution in [0.15, 0.2) is 100 Å². The Morgan fingerprint density at radius 2 is 0.956 bits per heavy atom. The summed E-state index contributed by atoms with van der Waals surface area (Å²) in [5.74, 6) is 0. The molecular weight excluding hydrogens is 655 g/mol. The summed E-state index contributed by atoms with van der Waals surface area (Å²) in [6, 6.07) is 35.4. The molecule has 0 atom stereocenters. The number of aryl methyl sites for hydroxylation is 1. The van der Waals surface area contributed by atoms with Crippen LogP contribution in [0.1, 0.15) is 52.7 Å². The Hall–Kier alpha value is -3.95. The van der Waals surface area contributed by atoms with Crippen molar-refractivity contribution in [3.05, 3.63) is 115 Å². The zero-order chi connectivity index (χ0) is 30.9. The molecule has 9 rings (SSSR count). The third kappa shape index (κ3) is 3.59. The second kappa shape index (κ2) is 9.30. The van der Waals surface area contributed by atoms with E-state index in [2.05, 4.69) is 139 Å². The number of fused-ring (bicyclic) bond motifs is 6. The minimum atomic E-state index is -0.302. The van der Waals surface area contributed by atoms with Crippen LogP contribution in [0.4, 0.5) is 0 Å². The summed E-state index contributed by atoms with van der Waals surface area (Å²) in [4.78, 5) is 0. The van der Waals surface area contributed by atoms with E-state index < -0.39 is 0 Å². The monoisotopic (exact) mass is 691 g/mol. The van der Waals surface area contributed by atoms with Crippen LogP contribution in [-0.2, 0) is 5.41 Å². The standard InChI is InChI=1S/C44H36I/c1-23(2)25(4)45-43-33-15-11-10-14-29(33)30-18-20-34-39-31(19-21-35(43)40(30)39)32-17-16-27-24(3)26-12-8-9-13-28(26)36-22-37(44(5,6)7)41(34)42(32)38(27)36/h8-22H,1-7H3/q-1. The molecule has 0 heterocycles. The van der Waals surface area contributed by atoms with Crippen LogP contribution in [0.5, 0.6) is 0 Å². The van der Waals surface area contributed by atoms with Crippen LogP contribution in [0, 0.1) is 10.5 Å². The van der Waals surface area contributed by atoms with E-state index in [1.807, 2.05) is 0 Å². The predicted molar refractivity (Wildman–Crippen MR) is 195 cm³/mol. The topological polar surface area (TPSA) is 0 Å². The van der Waals surface area contributed by atoms with Crippen LogP contribution < -0.4 is 21.2 Å². The molecule has 9 aromatic carbocycles. The summed E-state index contributed by atoms with van der Waals surface area (Å²) in [5.41, 5.74) is 4.26. The average Bonchev–Trinajstić information content (AvgIpc) is 3.04. The molecule has 0 unspecified atom stereocenters. The Bertz CT molecular complexity index is 2730. The molecule has 45 heavy (non-hydrogen) atoms. The van der Waals surface area contributed by atoms with Gasteiger partial charge in [-0.1, -0.05) is 6.07 Å². The van der Waals surface area contributed by atoms with Gasteiger partial charge >= 0.3 is 270 Å². The molecule has 0 saturated heterocycles. The van der Waals surface area contributed by atoms with Gasteiger partial charge in [-0.3, -0.25) is 0 Å². The van der Waals surface area contributed by atoms with E-state index in [1.54, 1.807) is 7.15 Å². The molecule has 220 valence electrons. The number of hydrogen-bond acceptors (Lipinski definition) is 0. The van der Waals surface area contributed by atoms with Crippen molar-refractivity contribution in [1.82, 2.24) is 0 Å². The quantitative estimate of drug-likeness (QED) is 0.0962. The van der Waals surface area contributed by atoms with Gasteiger partial charge in [-0.25, -0.2) is 0 Å². The van der Waals surface area contributed by atoms with E-state index in [9.17, 15) is 0 Å². The minimum absolute atomic E-state index is 0.0223. The van der Waals surface area contributed by atoms with Crippen LogP contribution in [0.25, 0.3) is 86.2 Å². The van der Waals surface area contributed by atoms with Crippen molar-refractivity contribution in [3.63, 3.8) is 0 Å². The molecule has 0 aliphatic carbocycles. The van der Waals surface area contributed by atoms with Crippen LogP contribution in [0.3, 0.4) is 0 Å². The molecule has 0 radical (unpaired) electrons. The maximum absolute atomic E-state index is 2.55. The summed E-state index contributed by atoms with van der Waals surface area (Å²) < 4.78 is 3.13. The molecule has 0 aliphatic rings. The fraction of sp³-hybridized carbons (Fsp3) is 0.182. The first-order valence-electron chi connectivity index (χ1n) is 16.1. The van der Waals surface area contributed by atoms with Crippen molar-refractivity contribution < 1.29 is 21.2 Å². The van der Waals surface area contributed by atoms with Crippen molar-refractivity contribution in [1.29, 1.82) is 0 Å². The van der Waals surface area contributed by atoms with Crippen molar-refractivity contribution in [2.24, 2.45) is 0 Å². The van der Waals surface area contributed by atoms with E-state index in [4.69, 9.17) is 0 Å². The molecule has 0 saturated carbocycles. The van der Waals surface area contributed by atoms with Crippen molar-refractivity contribution in [2.75, 3.05) is 0 Å². The van der Waals surface area contributed by atoms with E-state index in [0.717, 1.165) is 0 Å². The molecule has 0 nitrogen and oxygen atoms in total. The van der Waals surface area contributed by atoms with Crippen LogP contribution in [0.2, 0.25) is 0 Å². The summed E-state index contributed by atoms with van der Waals surface area (Å²) in [6.45, 7) is 16.4. The van der Waals surface area contributed by atoms with Crippen molar-refractivity contribution >= 4 is 86.2 Å². The van der Waals surface area contributed by atoms with E-state index in [1.165, 1.54) is 103 Å². The molecule has 0 aliphatic heterocycles. The van der Waals surface area contributed by atoms with Gasteiger partial charge in [0.1, 0.15) is 0 Å². The molecule has 0 N–H and O–H groups in total. The Morgan fingerprint density at radius 3 is 1.62 bits per heavy atom.